The molecule has 1 unspecified atom stereocenters. The van der Waals surface area contributed by atoms with Crippen LogP contribution in [0.15, 0.2) is 34.1 Å². The molecule has 0 fully saturated rings. The number of benzene rings is 1. The monoisotopic (exact) mass is 363 g/mol. The van der Waals surface area contributed by atoms with Crippen molar-refractivity contribution in [3.8, 4) is 0 Å². The second-order valence-corrected chi connectivity index (χ2v) is 7.50. The summed E-state index contributed by atoms with van der Waals surface area (Å²) < 4.78 is 1.13. The fourth-order valence-corrected chi connectivity index (χ4v) is 3.82. The first-order valence-electron chi connectivity index (χ1n) is 5.48. The Labute approximate surface area is 129 Å². The van der Waals surface area contributed by atoms with Crippen LogP contribution in [0.5, 0.6) is 0 Å². The van der Waals surface area contributed by atoms with Crippen molar-refractivity contribution in [1.29, 1.82) is 0 Å². The molecule has 1 nitrogen and oxygen atoms in total. The molecule has 96 valence electrons. The summed E-state index contributed by atoms with van der Waals surface area (Å²) in [7, 11) is 0. The van der Waals surface area contributed by atoms with Crippen molar-refractivity contribution in [1.82, 2.24) is 0 Å². The van der Waals surface area contributed by atoms with E-state index in [9.17, 15) is 0 Å². The molecule has 0 aliphatic carbocycles. The van der Waals surface area contributed by atoms with E-state index in [-0.39, 0.29) is 6.04 Å². The van der Waals surface area contributed by atoms with Crippen molar-refractivity contribution < 1.29 is 0 Å². The average Bonchev–Trinajstić information content (AvgIpc) is 2.68. The molecule has 18 heavy (non-hydrogen) atoms. The second-order valence-electron chi connectivity index (χ2n) is 4.11. The van der Waals surface area contributed by atoms with Crippen molar-refractivity contribution in [2.45, 2.75) is 18.9 Å². The van der Waals surface area contributed by atoms with Gasteiger partial charge in [0.15, 0.2) is 0 Å². The lowest BCUT2D eigenvalue weighted by Gasteiger charge is -2.12. The summed E-state index contributed by atoms with van der Waals surface area (Å²) in [6.07, 6.45) is 1.61. The molecule has 2 aromatic rings. The van der Waals surface area contributed by atoms with Gasteiger partial charge in [0.05, 0.1) is 3.79 Å². The molecular formula is C13H12BrCl2NS. The van der Waals surface area contributed by atoms with Crippen molar-refractivity contribution >= 4 is 50.5 Å². The van der Waals surface area contributed by atoms with Gasteiger partial charge >= 0.3 is 0 Å². The normalized spacial score (nSPS) is 12.7. The van der Waals surface area contributed by atoms with Crippen molar-refractivity contribution in [2.75, 3.05) is 0 Å². The predicted molar refractivity (Wildman–Crippen MR) is 83.9 cm³/mol. The van der Waals surface area contributed by atoms with Gasteiger partial charge in [0.25, 0.3) is 0 Å². The second kappa shape index (κ2) is 6.40. The molecule has 0 aliphatic heterocycles. The zero-order chi connectivity index (χ0) is 13.1. The van der Waals surface area contributed by atoms with Gasteiger partial charge in [-0.05, 0) is 58.6 Å². The number of thiophene rings is 1. The summed E-state index contributed by atoms with van der Waals surface area (Å²) in [6, 6.07) is 9.74. The molecule has 1 aromatic heterocycles. The molecule has 0 aliphatic rings. The zero-order valence-electron chi connectivity index (χ0n) is 9.50. The van der Waals surface area contributed by atoms with E-state index in [0.29, 0.717) is 10.0 Å². The zero-order valence-corrected chi connectivity index (χ0v) is 13.4. The standard InChI is InChI=1S/C13H12BrCl2NS/c14-13-4-3-11(18-13)7-10(17)5-8-1-2-9(15)6-12(8)16/h1-4,6,10H,5,7,17H2. The van der Waals surface area contributed by atoms with Gasteiger partial charge < -0.3 is 5.73 Å². The fourth-order valence-electron chi connectivity index (χ4n) is 1.76. The van der Waals surface area contributed by atoms with E-state index in [0.717, 1.165) is 22.2 Å². The summed E-state index contributed by atoms with van der Waals surface area (Å²) in [6.45, 7) is 0. The largest absolute Gasteiger partial charge is 0.327 e. The molecule has 0 saturated carbocycles. The first-order chi connectivity index (χ1) is 8.54. The van der Waals surface area contributed by atoms with Gasteiger partial charge in [0.1, 0.15) is 0 Å². The minimum absolute atomic E-state index is 0.0641. The van der Waals surface area contributed by atoms with Gasteiger partial charge in [-0.15, -0.1) is 11.3 Å². The van der Waals surface area contributed by atoms with E-state index < -0.39 is 0 Å². The average molecular weight is 365 g/mol. The van der Waals surface area contributed by atoms with Crippen LogP contribution < -0.4 is 5.73 Å². The summed E-state index contributed by atoms with van der Waals surface area (Å²) in [4.78, 5) is 1.28. The predicted octanol–water partition coefficient (Wildman–Crippen LogP) is 4.93. The van der Waals surface area contributed by atoms with Crippen LogP contribution in [-0.2, 0) is 12.8 Å². The summed E-state index contributed by atoms with van der Waals surface area (Å²) in [5, 5.41) is 1.34. The summed E-state index contributed by atoms with van der Waals surface area (Å²) >= 11 is 17.2. The molecule has 0 bridgehead atoms. The minimum atomic E-state index is 0.0641. The fraction of sp³-hybridized carbons (Fsp3) is 0.231. The third-order valence-corrected chi connectivity index (χ3v) is 4.82. The summed E-state index contributed by atoms with van der Waals surface area (Å²) in [5.74, 6) is 0. The van der Waals surface area contributed by atoms with Gasteiger partial charge in [-0.3, -0.25) is 0 Å². The Morgan fingerprint density at radius 2 is 1.94 bits per heavy atom. The van der Waals surface area contributed by atoms with Gasteiger partial charge in [-0.25, -0.2) is 0 Å². The van der Waals surface area contributed by atoms with E-state index >= 15 is 0 Å². The first-order valence-corrected chi connectivity index (χ1v) is 7.85. The maximum absolute atomic E-state index is 6.15. The Balaban J connectivity index is 2.00. The first kappa shape index (κ1) is 14.4. The molecule has 5 heteroatoms. The van der Waals surface area contributed by atoms with Crippen LogP contribution in [0.1, 0.15) is 10.4 Å². The highest BCUT2D eigenvalue weighted by atomic mass is 79.9. The number of hydrogen-bond donors (Lipinski definition) is 1. The Morgan fingerprint density at radius 3 is 2.56 bits per heavy atom. The van der Waals surface area contributed by atoms with Crippen LogP contribution >= 0.6 is 50.5 Å². The van der Waals surface area contributed by atoms with Gasteiger partial charge in [-0.1, -0.05) is 29.3 Å². The van der Waals surface area contributed by atoms with Crippen LogP contribution in [0, 0.1) is 0 Å². The van der Waals surface area contributed by atoms with Gasteiger partial charge in [0, 0.05) is 21.0 Å². The molecule has 0 saturated heterocycles. The topological polar surface area (TPSA) is 26.0 Å². The highest BCUT2D eigenvalue weighted by Crippen LogP contribution is 2.25. The summed E-state index contributed by atoms with van der Waals surface area (Å²) in [5.41, 5.74) is 7.20. The highest BCUT2D eigenvalue weighted by Gasteiger charge is 2.10. The molecule has 1 heterocycles. The lowest BCUT2D eigenvalue weighted by Crippen LogP contribution is -2.25. The number of rotatable bonds is 4. The molecule has 2 N–H and O–H groups in total. The van der Waals surface area contributed by atoms with Crippen LogP contribution in [0.2, 0.25) is 10.0 Å². The SMILES string of the molecule is NC(Cc1ccc(Br)s1)Cc1ccc(Cl)cc1Cl. The Kier molecular flexibility index (Phi) is 5.10. The van der Waals surface area contributed by atoms with Crippen LogP contribution in [0.3, 0.4) is 0 Å². The number of hydrogen-bond acceptors (Lipinski definition) is 2. The molecule has 0 spiro atoms. The van der Waals surface area contributed by atoms with E-state index in [2.05, 4.69) is 22.0 Å². The van der Waals surface area contributed by atoms with Crippen molar-refractivity contribution in [3.05, 3.63) is 54.6 Å². The third-order valence-electron chi connectivity index (χ3n) is 2.59. The van der Waals surface area contributed by atoms with E-state index in [1.807, 2.05) is 18.2 Å². The number of nitrogens with two attached hydrogens (primary N) is 1. The van der Waals surface area contributed by atoms with Crippen LogP contribution in [-0.4, -0.2) is 6.04 Å². The Morgan fingerprint density at radius 1 is 1.17 bits per heavy atom. The lowest BCUT2D eigenvalue weighted by atomic mass is 10.0. The van der Waals surface area contributed by atoms with Crippen molar-refractivity contribution in [3.63, 3.8) is 0 Å². The maximum atomic E-state index is 6.15. The van der Waals surface area contributed by atoms with E-state index in [1.54, 1.807) is 17.4 Å². The third kappa shape index (κ3) is 3.97. The molecule has 2 rings (SSSR count). The molecule has 1 aromatic carbocycles. The van der Waals surface area contributed by atoms with E-state index in [4.69, 9.17) is 28.9 Å². The maximum Gasteiger partial charge on any atom is 0.0701 e. The van der Waals surface area contributed by atoms with Gasteiger partial charge in [0.2, 0.25) is 0 Å². The lowest BCUT2D eigenvalue weighted by molar-refractivity contribution is 0.671. The highest BCUT2D eigenvalue weighted by molar-refractivity contribution is 9.11. The molecule has 0 radical (unpaired) electrons. The van der Waals surface area contributed by atoms with Crippen LogP contribution in [0.4, 0.5) is 0 Å². The molecule has 0 amide bonds. The van der Waals surface area contributed by atoms with Crippen molar-refractivity contribution in [2.24, 2.45) is 5.73 Å². The Hall–Kier alpha value is -0.0600. The molecule has 1 atom stereocenters. The van der Waals surface area contributed by atoms with E-state index in [1.165, 1.54) is 4.88 Å². The minimum Gasteiger partial charge on any atom is -0.327 e. The quantitative estimate of drug-likeness (QED) is 0.817. The van der Waals surface area contributed by atoms with Gasteiger partial charge in [-0.2, -0.15) is 0 Å². The van der Waals surface area contributed by atoms with Crippen LogP contribution in [0.25, 0.3) is 0 Å². The smallest absolute Gasteiger partial charge is 0.0701 e. The Bertz CT molecular complexity index is 542. The molecular weight excluding hydrogens is 353 g/mol. The number of halogens is 3.